The summed E-state index contributed by atoms with van der Waals surface area (Å²) in [7, 11) is 0. The average molecular weight is 368 g/mol. The maximum Gasteiger partial charge on any atom is 0.260 e. The molecule has 0 aromatic carbocycles. The summed E-state index contributed by atoms with van der Waals surface area (Å²) in [5, 5.41) is 0.135. The van der Waals surface area contributed by atoms with E-state index in [2.05, 4.69) is 24.9 Å². The lowest BCUT2D eigenvalue weighted by Gasteiger charge is -2.15. The molecule has 0 fully saturated rings. The van der Waals surface area contributed by atoms with Gasteiger partial charge in [0, 0.05) is 18.1 Å². The highest BCUT2D eigenvalue weighted by Gasteiger charge is 2.37. The highest BCUT2D eigenvalue weighted by molar-refractivity contribution is 6.41. The quantitative estimate of drug-likeness (QED) is 0.542. The van der Waals surface area contributed by atoms with Crippen LogP contribution in [0.5, 0.6) is 0 Å². The number of H-pyrrole nitrogens is 1. The van der Waals surface area contributed by atoms with E-state index in [0.717, 1.165) is 11.4 Å². The minimum Gasteiger partial charge on any atom is -0.368 e. The number of fused-ring (bicyclic) bond motifs is 1. The number of hydrogen-bond donors (Lipinski definition) is 2. The Morgan fingerprint density at radius 3 is 2.85 bits per heavy atom. The van der Waals surface area contributed by atoms with E-state index in [-0.39, 0.29) is 23.6 Å². The number of rotatable bonds is 3. The Bertz CT molecular complexity index is 1010. The van der Waals surface area contributed by atoms with Crippen LogP contribution in [0.4, 0.5) is 11.8 Å². The minimum absolute atomic E-state index is 0.00247. The van der Waals surface area contributed by atoms with Crippen molar-refractivity contribution in [1.82, 2.24) is 24.9 Å². The Balaban J connectivity index is 1.81. The van der Waals surface area contributed by atoms with Gasteiger partial charge in [0.05, 0.1) is 35.3 Å². The van der Waals surface area contributed by atoms with Crippen LogP contribution in [0, 0.1) is 6.92 Å². The predicted molar refractivity (Wildman–Crippen MR) is 98.1 cm³/mol. The van der Waals surface area contributed by atoms with Crippen LogP contribution in [-0.4, -0.2) is 30.8 Å². The van der Waals surface area contributed by atoms with Gasteiger partial charge in [-0.15, -0.1) is 0 Å². The van der Waals surface area contributed by atoms with Gasteiger partial charge in [-0.05, 0) is 25.1 Å². The number of aromatic amines is 1. The zero-order valence-electron chi connectivity index (χ0n) is 13.8. The molecule has 0 atom stereocenters. The number of nitrogens with one attached hydrogen (secondary N) is 1. The molecular formula is C17H14ClN7O. The van der Waals surface area contributed by atoms with Crippen LogP contribution in [-0.2, 0) is 11.3 Å². The topological polar surface area (TPSA) is 114 Å². The molecule has 1 aliphatic heterocycles. The summed E-state index contributed by atoms with van der Waals surface area (Å²) in [5.74, 6) is 0.120. The molecule has 4 rings (SSSR count). The van der Waals surface area contributed by atoms with E-state index < -0.39 is 0 Å². The Hall–Kier alpha value is -3.26. The molecule has 130 valence electrons. The van der Waals surface area contributed by atoms with Gasteiger partial charge in [0.15, 0.2) is 5.82 Å². The van der Waals surface area contributed by atoms with Crippen molar-refractivity contribution in [2.24, 2.45) is 0 Å². The van der Waals surface area contributed by atoms with Crippen LogP contribution in [0.2, 0.25) is 5.15 Å². The fourth-order valence-corrected chi connectivity index (χ4v) is 3.02. The summed E-state index contributed by atoms with van der Waals surface area (Å²) in [6, 6.07) is 3.69. The predicted octanol–water partition coefficient (Wildman–Crippen LogP) is 2.23. The number of aryl methyl sites for hydroxylation is 1. The lowest BCUT2D eigenvalue weighted by Crippen LogP contribution is -2.27. The number of aromatic nitrogens is 5. The van der Waals surface area contributed by atoms with Crippen LogP contribution < -0.4 is 10.6 Å². The molecule has 26 heavy (non-hydrogen) atoms. The van der Waals surface area contributed by atoms with Crippen molar-refractivity contribution < 1.29 is 4.79 Å². The minimum atomic E-state index is -0.251. The van der Waals surface area contributed by atoms with Crippen LogP contribution in [0.1, 0.15) is 22.6 Å². The van der Waals surface area contributed by atoms with E-state index in [1.54, 1.807) is 24.7 Å². The molecule has 0 aliphatic carbocycles. The lowest BCUT2D eigenvalue weighted by atomic mass is 10.1. The first-order valence-electron chi connectivity index (χ1n) is 7.81. The number of carbonyl (C=O) groups excluding carboxylic acids is 1. The van der Waals surface area contributed by atoms with Gasteiger partial charge in [-0.2, -0.15) is 4.98 Å². The Morgan fingerprint density at radius 2 is 2.15 bits per heavy atom. The van der Waals surface area contributed by atoms with Crippen molar-refractivity contribution in [1.29, 1.82) is 0 Å². The molecule has 9 heteroatoms. The summed E-state index contributed by atoms with van der Waals surface area (Å²) >= 11 is 6.28. The second kappa shape index (κ2) is 6.23. The second-order valence-electron chi connectivity index (χ2n) is 5.80. The van der Waals surface area contributed by atoms with E-state index in [1.165, 1.54) is 4.90 Å². The SMILES string of the molecule is Cc1cnc(CN2C(=O)/C(=C/c3ccc[nH]3)c3c(Cl)nc(N)nc32)cn1. The van der Waals surface area contributed by atoms with Gasteiger partial charge in [0.25, 0.3) is 5.91 Å². The molecular weight excluding hydrogens is 354 g/mol. The van der Waals surface area contributed by atoms with Crippen LogP contribution in [0.25, 0.3) is 11.6 Å². The average Bonchev–Trinajstić information content (AvgIpc) is 3.19. The maximum atomic E-state index is 13.1. The highest BCUT2D eigenvalue weighted by atomic mass is 35.5. The molecule has 0 unspecified atom stereocenters. The molecule has 3 aromatic rings. The van der Waals surface area contributed by atoms with E-state index in [1.807, 2.05) is 19.1 Å². The fourth-order valence-electron chi connectivity index (χ4n) is 2.75. The van der Waals surface area contributed by atoms with Crippen LogP contribution in [0.3, 0.4) is 0 Å². The molecule has 1 amide bonds. The summed E-state index contributed by atoms with van der Waals surface area (Å²) < 4.78 is 0. The monoisotopic (exact) mass is 367 g/mol. The molecule has 3 aromatic heterocycles. The van der Waals surface area contributed by atoms with Gasteiger partial charge in [-0.1, -0.05) is 11.6 Å². The van der Waals surface area contributed by atoms with Crippen molar-refractivity contribution >= 4 is 40.9 Å². The standard InChI is InChI=1S/C17H14ClN7O/c1-9-6-22-11(7-21-9)8-25-15-13(14(18)23-17(19)24-15)12(16(25)26)5-10-3-2-4-20-10/h2-7,20H,8H2,1H3,(H2,19,23,24)/b12-5+. The zero-order chi connectivity index (χ0) is 18.3. The molecule has 0 saturated carbocycles. The summed E-state index contributed by atoms with van der Waals surface area (Å²) in [6.45, 7) is 2.05. The third-order valence-electron chi connectivity index (χ3n) is 3.94. The largest absolute Gasteiger partial charge is 0.368 e. The smallest absolute Gasteiger partial charge is 0.260 e. The van der Waals surface area contributed by atoms with Crippen molar-refractivity contribution in [2.45, 2.75) is 13.5 Å². The molecule has 0 spiro atoms. The van der Waals surface area contributed by atoms with Crippen molar-refractivity contribution in [3.63, 3.8) is 0 Å². The van der Waals surface area contributed by atoms with Crippen molar-refractivity contribution in [3.05, 3.63) is 58.5 Å². The number of nitrogen functional groups attached to an aromatic ring is 1. The number of amides is 1. The Labute approximate surface area is 153 Å². The van der Waals surface area contributed by atoms with Crippen molar-refractivity contribution in [2.75, 3.05) is 10.6 Å². The van der Waals surface area contributed by atoms with Gasteiger partial charge in [0.2, 0.25) is 5.95 Å². The number of halogens is 1. The molecule has 4 heterocycles. The van der Waals surface area contributed by atoms with E-state index in [4.69, 9.17) is 17.3 Å². The molecule has 0 radical (unpaired) electrons. The zero-order valence-corrected chi connectivity index (χ0v) is 14.5. The third kappa shape index (κ3) is 2.80. The normalized spacial score (nSPS) is 14.9. The van der Waals surface area contributed by atoms with E-state index in [0.29, 0.717) is 22.6 Å². The number of nitrogens with zero attached hydrogens (tertiary/aromatic N) is 5. The molecule has 8 nitrogen and oxygen atoms in total. The van der Waals surface area contributed by atoms with E-state index >= 15 is 0 Å². The van der Waals surface area contributed by atoms with Gasteiger partial charge in [0.1, 0.15) is 5.15 Å². The Kier molecular flexibility index (Phi) is 3.89. The lowest BCUT2D eigenvalue weighted by molar-refractivity contribution is -0.113. The van der Waals surface area contributed by atoms with Gasteiger partial charge < -0.3 is 10.7 Å². The first kappa shape index (κ1) is 16.2. The Morgan fingerprint density at radius 1 is 1.31 bits per heavy atom. The first-order valence-corrected chi connectivity index (χ1v) is 8.18. The highest BCUT2D eigenvalue weighted by Crippen LogP contribution is 2.40. The number of hydrogen-bond acceptors (Lipinski definition) is 6. The molecule has 0 bridgehead atoms. The van der Waals surface area contributed by atoms with Gasteiger partial charge >= 0.3 is 0 Å². The fraction of sp³-hybridized carbons (Fsp3) is 0.118. The number of carbonyl (C=O) groups is 1. The summed E-state index contributed by atoms with van der Waals surface area (Å²) in [6.07, 6.45) is 6.76. The maximum absolute atomic E-state index is 13.1. The number of nitrogens with two attached hydrogens (primary N) is 1. The van der Waals surface area contributed by atoms with E-state index in [9.17, 15) is 4.79 Å². The first-order chi connectivity index (χ1) is 12.5. The molecule has 3 N–H and O–H groups in total. The van der Waals surface area contributed by atoms with Crippen LogP contribution >= 0.6 is 11.6 Å². The second-order valence-corrected chi connectivity index (χ2v) is 6.15. The molecule has 1 aliphatic rings. The number of anilines is 2. The van der Waals surface area contributed by atoms with Gasteiger partial charge in [-0.3, -0.25) is 19.7 Å². The molecule has 0 saturated heterocycles. The summed E-state index contributed by atoms with van der Waals surface area (Å²) in [4.78, 5) is 34.3. The van der Waals surface area contributed by atoms with Crippen molar-refractivity contribution in [3.8, 4) is 0 Å². The third-order valence-corrected chi connectivity index (χ3v) is 4.21. The van der Waals surface area contributed by atoms with Gasteiger partial charge in [-0.25, -0.2) is 4.98 Å². The van der Waals surface area contributed by atoms with Crippen LogP contribution in [0.15, 0.2) is 30.7 Å². The summed E-state index contributed by atoms with van der Waals surface area (Å²) in [5.41, 5.74) is 8.78.